The van der Waals surface area contributed by atoms with Gasteiger partial charge >= 0.3 is 5.97 Å². The predicted octanol–water partition coefficient (Wildman–Crippen LogP) is 1.59. The summed E-state index contributed by atoms with van der Waals surface area (Å²) in [6.07, 6.45) is 5.40. The fourth-order valence-electron chi connectivity index (χ4n) is 2.66. The maximum Gasteiger partial charge on any atom is 0.310 e. The Hall–Kier alpha value is -1.36. The molecule has 1 aliphatic rings. The lowest BCUT2D eigenvalue weighted by Crippen LogP contribution is -2.44. The number of fused-ring (bicyclic) bond motifs is 1. The zero-order valence-electron chi connectivity index (χ0n) is 11.1. The molecule has 18 heavy (non-hydrogen) atoms. The summed E-state index contributed by atoms with van der Waals surface area (Å²) in [5, 5.41) is 9.40. The van der Waals surface area contributed by atoms with E-state index in [1.54, 1.807) is 6.20 Å². The maximum atomic E-state index is 11.4. The molecule has 1 aliphatic heterocycles. The van der Waals surface area contributed by atoms with Crippen molar-refractivity contribution in [3.05, 3.63) is 18.2 Å². The van der Waals surface area contributed by atoms with Gasteiger partial charge in [0.25, 0.3) is 0 Å². The predicted molar refractivity (Wildman–Crippen MR) is 68.2 cm³/mol. The molecule has 1 aromatic heterocycles. The fourth-order valence-corrected chi connectivity index (χ4v) is 2.66. The number of aliphatic carboxylic acids is 1. The average molecular weight is 251 g/mol. The number of imidazole rings is 1. The van der Waals surface area contributed by atoms with Gasteiger partial charge in [-0.1, -0.05) is 13.3 Å². The van der Waals surface area contributed by atoms with Gasteiger partial charge in [-0.3, -0.25) is 9.69 Å². The SMILES string of the molecule is CCCC(C)(CN1CCn2ccnc2C1)C(=O)O. The minimum Gasteiger partial charge on any atom is -0.481 e. The summed E-state index contributed by atoms with van der Waals surface area (Å²) in [6, 6.07) is 0. The molecule has 2 heterocycles. The van der Waals surface area contributed by atoms with Crippen LogP contribution >= 0.6 is 0 Å². The van der Waals surface area contributed by atoms with Crippen LogP contribution in [0.5, 0.6) is 0 Å². The van der Waals surface area contributed by atoms with E-state index in [0.717, 1.165) is 31.9 Å². The van der Waals surface area contributed by atoms with Crippen molar-refractivity contribution in [2.75, 3.05) is 13.1 Å². The molecule has 0 amide bonds. The average Bonchev–Trinajstić information content (AvgIpc) is 2.76. The molecule has 0 spiro atoms. The Morgan fingerprint density at radius 2 is 2.33 bits per heavy atom. The first-order valence-corrected chi connectivity index (χ1v) is 6.51. The normalized spacial score (nSPS) is 19.2. The first kappa shape index (κ1) is 13.1. The van der Waals surface area contributed by atoms with Crippen LogP contribution in [0.3, 0.4) is 0 Å². The number of rotatable bonds is 5. The number of carboxylic acids is 1. The lowest BCUT2D eigenvalue weighted by Gasteiger charge is -2.34. The Balaban J connectivity index is 2.03. The first-order valence-electron chi connectivity index (χ1n) is 6.51. The minimum atomic E-state index is -0.696. The van der Waals surface area contributed by atoms with Crippen LogP contribution in [0.25, 0.3) is 0 Å². The van der Waals surface area contributed by atoms with Gasteiger partial charge in [-0.25, -0.2) is 4.98 Å². The molecule has 0 saturated heterocycles. The highest BCUT2D eigenvalue weighted by atomic mass is 16.4. The van der Waals surface area contributed by atoms with Gasteiger partial charge in [0.1, 0.15) is 5.82 Å². The second kappa shape index (κ2) is 5.10. The van der Waals surface area contributed by atoms with Gasteiger partial charge in [-0.15, -0.1) is 0 Å². The molecule has 0 bridgehead atoms. The third kappa shape index (κ3) is 2.56. The van der Waals surface area contributed by atoms with E-state index in [-0.39, 0.29) is 0 Å². The molecule has 1 unspecified atom stereocenters. The quantitative estimate of drug-likeness (QED) is 0.863. The number of carbonyl (C=O) groups is 1. The van der Waals surface area contributed by atoms with Gasteiger partial charge in [0.05, 0.1) is 12.0 Å². The third-order valence-electron chi connectivity index (χ3n) is 3.71. The highest BCUT2D eigenvalue weighted by Crippen LogP contribution is 2.26. The minimum absolute atomic E-state index is 0.600. The zero-order valence-corrected chi connectivity index (χ0v) is 11.1. The van der Waals surface area contributed by atoms with Crippen LogP contribution in [0, 0.1) is 5.41 Å². The lowest BCUT2D eigenvalue weighted by molar-refractivity contribution is -0.149. The van der Waals surface area contributed by atoms with Gasteiger partial charge in [-0.05, 0) is 13.3 Å². The number of aromatic nitrogens is 2. The van der Waals surface area contributed by atoms with Gasteiger partial charge in [0, 0.05) is 32.0 Å². The summed E-state index contributed by atoms with van der Waals surface area (Å²) in [4.78, 5) is 17.9. The maximum absolute atomic E-state index is 11.4. The van der Waals surface area contributed by atoms with Crippen LogP contribution < -0.4 is 0 Å². The largest absolute Gasteiger partial charge is 0.481 e. The Morgan fingerprint density at radius 1 is 1.56 bits per heavy atom. The molecule has 5 nitrogen and oxygen atoms in total. The van der Waals surface area contributed by atoms with Crippen molar-refractivity contribution >= 4 is 5.97 Å². The Kier molecular flexibility index (Phi) is 3.71. The van der Waals surface area contributed by atoms with Crippen LogP contribution in [0.15, 0.2) is 12.4 Å². The summed E-state index contributed by atoms with van der Waals surface area (Å²) in [5.41, 5.74) is -0.649. The van der Waals surface area contributed by atoms with E-state index in [1.807, 2.05) is 20.0 Å². The van der Waals surface area contributed by atoms with Crippen LogP contribution in [-0.4, -0.2) is 38.6 Å². The highest BCUT2D eigenvalue weighted by molar-refractivity contribution is 5.74. The lowest BCUT2D eigenvalue weighted by atomic mass is 9.85. The van der Waals surface area contributed by atoms with Crippen molar-refractivity contribution < 1.29 is 9.90 Å². The van der Waals surface area contributed by atoms with Gasteiger partial charge < -0.3 is 9.67 Å². The molecule has 0 aliphatic carbocycles. The Labute approximate surface area is 107 Å². The second-order valence-electron chi connectivity index (χ2n) is 5.36. The Bertz CT molecular complexity index is 430. The van der Waals surface area contributed by atoms with Crippen molar-refractivity contribution in [1.29, 1.82) is 0 Å². The van der Waals surface area contributed by atoms with E-state index >= 15 is 0 Å². The molecule has 0 radical (unpaired) electrons. The summed E-state index contributed by atoms with van der Waals surface area (Å²) in [5.74, 6) is 0.337. The molecule has 0 saturated carbocycles. The number of carboxylic acid groups (broad SMARTS) is 1. The van der Waals surface area contributed by atoms with E-state index in [4.69, 9.17) is 0 Å². The van der Waals surface area contributed by atoms with E-state index in [0.29, 0.717) is 13.0 Å². The van der Waals surface area contributed by atoms with Crippen molar-refractivity contribution in [3.8, 4) is 0 Å². The molecule has 0 aromatic carbocycles. The molecular weight excluding hydrogens is 230 g/mol. The fraction of sp³-hybridized carbons (Fsp3) is 0.692. The standard InChI is InChI=1S/C13H21N3O2/c1-3-4-13(2,12(17)18)10-15-7-8-16-6-5-14-11(16)9-15/h5-6H,3-4,7-10H2,1-2H3,(H,17,18). The molecule has 0 fully saturated rings. The summed E-state index contributed by atoms with van der Waals surface area (Å²) < 4.78 is 2.13. The Morgan fingerprint density at radius 3 is 3.00 bits per heavy atom. The zero-order chi connectivity index (χ0) is 13.2. The van der Waals surface area contributed by atoms with E-state index in [2.05, 4.69) is 14.5 Å². The summed E-state index contributed by atoms with van der Waals surface area (Å²) in [6.45, 7) is 7.03. The molecule has 1 atom stereocenters. The summed E-state index contributed by atoms with van der Waals surface area (Å²) >= 11 is 0. The smallest absolute Gasteiger partial charge is 0.310 e. The molecule has 1 aromatic rings. The van der Waals surface area contributed by atoms with E-state index in [1.165, 1.54) is 0 Å². The van der Waals surface area contributed by atoms with Crippen molar-refractivity contribution in [1.82, 2.24) is 14.5 Å². The van der Waals surface area contributed by atoms with E-state index in [9.17, 15) is 9.90 Å². The molecule has 5 heteroatoms. The number of hydrogen-bond acceptors (Lipinski definition) is 3. The van der Waals surface area contributed by atoms with Gasteiger partial charge in [-0.2, -0.15) is 0 Å². The molecular formula is C13H21N3O2. The van der Waals surface area contributed by atoms with Crippen molar-refractivity contribution in [2.45, 2.75) is 39.8 Å². The van der Waals surface area contributed by atoms with E-state index < -0.39 is 11.4 Å². The van der Waals surface area contributed by atoms with Crippen molar-refractivity contribution in [3.63, 3.8) is 0 Å². The van der Waals surface area contributed by atoms with Gasteiger partial charge in [0.15, 0.2) is 0 Å². The van der Waals surface area contributed by atoms with Crippen molar-refractivity contribution in [2.24, 2.45) is 5.41 Å². The van der Waals surface area contributed by atoms with Crippen LogP contribution in [0.2, 0.25) is 0 Å². The third-order valence-corrected chi connectivity index (χ3v) is 3.71. The summed E-state index contributed by atoms with van der Waals surface area (Å²) in [7, 11) is 0. The van der Waals surface area contributed by atoms with Crippen LogP contribution in [0.4, 0.5) is 0 Å². The topological polar surface area (TPSA) is 58.4 Å². The van der Waals surface area contributed by atoms with Gasteiger partial charge in [0.2, 0.25) is 0 Å². The first-order chi connectivity index (χ1) is 8.55. The van der Waals surface area contributed by atoms with Crippen LogP contribution in [-0.2, 0) is 17.9 Å². The molecule has 100 valence electrons. The molecule has 1 N–H and O–H groups in total. The molecule has 2 rings (SSSR count). The number of hydrogen-bond donors (Lipinski definition) is 1. The number of nitrogens with zero attached hydrogens (tertiary/aromatic N) is 3. The monoisotopic (exact) mass is 251 g/mol. The second-order valence-corrected chi connectivity index (χ2v) is 5.36. The highest BCUT2D eigenvalue weighted by Gasteiger charge is 2.35. The van der Waals surface area contributed by atoms with Crippen LogP contribution in [0.1, 0.15) is 32.5 Å².